The average molecular weight is 794 g/mol. The van der Waals surface area contributed by atoms with Crippen LogP contribution in [0.5, 0.6) is 0 Å². The van der Waals surface area contributed by atoms with E-state index in [1.807, 2.05) is 33.8 Å². The van der Waals surface area contributed by atoms with Gasteiger partial charge in [0.1, 0.15) is 0 Å². The number of hydrogen-bond acceptors (Lipinski definition) is 1. The third kappa shape index (κ3) is 9.17. The van der Waals surface area contributed by atoms with Crippen LogP contribution in [-0.2, 0) is 11.8 Å². The summed E-state index contributed by atoms with van der Waals surface area (Å²) in [5.41, 5.74) is 19.0. The highest BCUT2D eigenvalue weighted by molar-refractivity contribution is 5.90. The lowest BCUT2D eigenvalue weighted by atomic mass is 9.70. The van der Waals surface area contributed by atoms with Crippen LogP contribution in [0.25, 0.3) is 16.7 Å². The van der Waals surface area contributed by atoms with Gasteiger partial charge in [0, 0.05) is 40.8 Å². The van der Waals surface area contributed by atoms with Crippen molar-refractivity contribution >= 4 is 11.3 Å². The molecule has 1 nitrogen and oxygen atoms in total. The molecule has 1 heteroatoms. The van der Waals surface area contributed by atoms with E-state index in [-0.39, 0.29) is 5.41 Å². The maximum Gasteiger partial charge on any atom is 0.0486 e. The number of hydrogen-bond donors (Lipinski definition) is 0. The number of nitrogens with zero attached hydrogens (tertiary/aromatic N) is 1. The first-order valence-corrected chi connectivity index (χ1v) is 22.8. The summed E-state index contributed by atoms with van der Waals surface area (Å²) in [5.74, 6) is 1.49. The van der Waals surface area contributed by atoms with Crippen molar-refractivity contribution in [3.63, 3.8) is 0 Å². The van der Waals surface area contributed by atoms with Crippen LogP contribution in [0.15, 0.2) is 187 Å². The van der Waals surface area contributed by atoms with Crippen molar-refractivity contribution < 1.29 is 0 Å². The van der Waals surface area contributed by atoms with E-state index in [4.69, 9.17) is 0 Å². The van der Waals surface area contributed by atoms with Gasteiger partial charge in [-0.15, -0.1) is 0 Å². The Morgan fingerprint density at radius 3 is 2.08 bits per heavy atom. The van der Waals surface area contributed by atoms with Crippen LogP contribution in [0.3, 0.4) is 0 Å². The molecule has 0 spiro atoms. The molecule has 0 radical (unpaired) electrons. The lowest BCUT2D eigenvalue weighted by Crippen LogP contribution is -2.27. The molecule has 4 aromatic rings. The van der Waals surface area contributed by atoms with Crippen molar-refractivity contribution in [1.82, 2.24) is 0 Å². The Labute approximate surface area is 365 Å². The van der Waals surface area contributed by atoms with Crippen LogP contribution in [0.1, 0.15) is 128 Å². The molecule has 312 valence electrons. The summed E-state index contributed by atoms with van der Waals surface area (Å²) in [5, 5.41) is 0. The lowest BCUT2D eigenvalue weighted by molar-refractivity contribution is 0.592. The zero-order chi connectivity index (χ0) is 43.4. The van der Waals surface area contributed by atoms with E-state index in [9.17, 15) is 0 Å². The molecule has 3 atom stereocenters. The summed E-state index contributed by atoms with van der Waals surface area (Å²) in [4.78, 5) is 2.46. The third-order valence-corrected chi connectivity index (χ3v) is 12.6. The molecule has 4 aliphatic rings. The highest BCUT2D eigenvalue weighted by Crippen LogP contribution is 2.53. The van der Waals surface area contributed by atoms with Crippen LogP contribution in [0, 0.1) is 5.92 Å². The third-order valence-electron chi connectivity index (χ3n) is 12.6. The van der Waals surface area contributed by atoms with Gasteiger partial charge in [0.25, 0.3) is 0 Å². The van der Waals surface area contributed by atoms with Gasteiger partial charge in [0.05, 0.1) is 0 Å². The molecular formula is C59H71N. The molecule has 0 aromatic heterocycles. The summed E-state index contributed by atoms with van der Waals surface area (Å²) in [7, 11) is 0. The van der Waals surface area contributed by atoms with Crippen molar-refractivity contribution in [2.24, 2.45) is 5.92 Å². The van der Waals surface area contributed by atoms with Crippen LogP contribution < -0.4 is 4.90 Å². The molecule has 0 fully saturated rings. The quantitative estimate of drug-likeness (QED) is 0.169. The number of benzene rings is 4. The lowest BCUT2D eigenvalue weighted by Gasteiger charge is -2.33. The van der Waals surface area contributed by atoms with Gasteiger partial charge < -0.3 is 4.90 Å². The number of fused-ring (bicyclic) bond motifs is 6. The number of allylic oxidation sites excluding steroid dienone is 12. The molecule has 0 amide bonds. The molecule has 0 saturated heterocycles. The number of rotatable bonds is 7. The van der Waals surface area contributed by atoms with Gasteiger partial charge in [-0.1, -0.05) is 202 Å². The minimum atomic E-state index is 0.0630. The Morgan fingerprint density at radius 2 is 1.43 bits per heavy atom. The second-order valence-electron chi connectivity index (χ2n) is 16.1. The Bertz CT molecular complexity index is 2310. The Kier molecular flexibility index (Phi) is 16.2. The molecule has 3 unspecified atom stereocenters. The van der Waals surface area contributed by atoms with Gasteiger partial charge in [-0.25, -0.2) is 0 Å². The first kappa shape index (κ1) is 45.7. The van der Waals surface area contributed by atoms with E-state index < -0.39 is 0 Å². The Morgan fingerprint density at radius 1 is 0.783 bits per heavy atom. The molecule has 8 rings (SSSR count). The highest BCUT2D eigenvalue weighted by Gasteiger charge is 2.39. The zero-order valence-electron chi connectivity index (χ0n) is 38.5. The predicted molar refractivity (Wildman–Crippen MR) is 266 cm³/mol. The SMILES string of the molecule is C/C=C\C1c2ccccc2-c2ccccc2C1CC.C=C/C1=C(\C=C/C)N(c2cccc(CC)c2)CC/C(C2C=C3C(=CC2)C(C)(C)c2ccccc23)=C\C1=C.CC.CC. The smallest absolute Gasteiger partial charge is 0.0486 e. The topological polar surface area (TPSA) is 3.24 Å². The molecule has 3 aliphatic carbocycles. The second-order valence-corrected chi connectivity index (χ2v) is 16.1. The fraction of sp³-hybridized carbons (Fsp3) is 0.322. The molecule has 60 heavy (non-hydrogen) atoms. The van der Waals surface area contributed by atoms with Crippen LogP contribution in [0.4, 0.5) is 5.69 Å². The monoisotopic (exact) mass is 794 g/mol. The van der Waals surface area contributed by atoms with E-state index in [0.717, 1.165) is 37.0 Å². The van der Waals surface area contributed by atoms with Crippen LogP contribution in [0.2, 0.25) is 0 Å². The van der Waals surface area contributed by atoms with Crippen molar-refractivity contribution in [3.8, 4) is 11.1 Å². The van der Waals surface area contributed by atoms with Gasteiger partial charge in [-0.05, 0) is 119 Å². The van der Waals surface area contributed by atoms with Gasteiger partial charge in [-0.2, -0.15) is 0 Å². The van der Waals surface area contributed by atoms with Crippen LogP contribution in [-0.4, -0.2) is 6.54 Å². The number of aryl methyl sites for hydroxylation is 1. The second kappa shape index (κ2) is 21.2. The van der Waals surface area contributed by atoms with E-state index in [0.29, 0.717) is 17.8 Å². The van der Waals surface area contributed by atoms with Gasteiger partial charge in [0.2, 0.25) is 0 Å². The summed E-state index contributed by atoms with van der Waals surface area (Å²) in [6, 6.07) is 35.6. The predicted octanol–water partition coefficient (Wildman–Crippen LogP) is 16.9. The first-order chi connectivity index (χ1) is 29.2. The largest absolute Gasteiger partial charge is 0.341 e. The van der Waals surface area contributed by atoms with Crippen molar-refractivity contribution in [1.29, 1.82) is 0 Å². The highest BCUT2D eigenvalue weighted by atomic mass is 15.1. The maximum absolute atomic E-state index is 4.53. The molecule has 1 aliphatic heterocycles. The Balaban J connectivity index is 0.000000248. The molecule has 0 N–H and O–H groups in total. The van der Waals surface area contributed by atoms with E-state index in [1.54, 1.807) is 0 Å². The Hall–Kier alpha value is -5.40. The van der Waals surface area contributed by atoms with E-state index in [2.05, 4.69) is 199 Å². The maximum atomic E-state index is 4.53. The van der Waals surface area contributed by atoms with Crippen molar-refractivity contribution in [3.05, 3.63) is 215 Å². The van der Waals surface area contributed by atoms with Gasteiger partial charge in [0.15, 0.2) is 0 Å². The van der Waals surface area contributed by atoms with E-state index in [1.165, 1.54) is 73.5 Å². The van der Waals surface area contributed by atoms with E-state index >= 15 is 0 Å². The summed E-state index contributed by atoms with van der Waals surface area (Å²) in [6.45, 7) is 31.1. The fourth-order valence-corrected chi connectivity index (χ4v) is 9.76. The fourth-order valence-electron chi connectivity index (χ4n) is 9.76. The molecule has 4 aromatic carbocycles. The normalized spacial score (nSPS) is 22.0. The zero-order valence-corrected chi connectivity index (χ0v) is 38.5. The average Bonchev–Trinajstić information content (AvgIpc) is 3.52. The minimum Gasteiger partial charge on any atom is -0.341 e. The summed E-state index contributed by atoms with van der Waals surface area (Å²) in [6.07, 6.45) is 22.5. The summed E-state index contributed by atoms with van der Waals surface area (Å²) >= 11 is 0. The minimum absolute atomic E-state index is 0.0630. The molecular weight excluding hydrogens is 723 g/mol. The summed E-state index contributed by atoms with van der Waals surface area (Å²) < 4.78 is 0. The van der Waals surface area contributed by atoms with Gasteiger partial charge in [-0.3, -0.25) is 0 Å². The number of anilines is 1. The van der Waals surface area contributed by atoms with Gasteiger partial charge >= 0.3 is 0 Å². The van der Waals surface area contributed by atoms with Crippen LogP contribution >= 0.6 is 0 Å². The molecule has 1 heterocycles. The first-order valence-electron chi connectivity index (χ1n) is 22.8. The standard InChI is InChI=1S/C36H39N.C19H20.2C2H6/c1-7-13-35-30(9-3)25(4)22-28(20-21-37(35)29-15-12-14-26(8-2)23-29)27-18-19-34-32(24-27)31-16-10-11-17-33(31)36(34,5)6;1-3-9-15-14(4-2)16-10-5-6-12-18(16)19-13-8-7-11-17(15)19;2*1-2/h7,9-17,19,22-24,27H,3-4,8,18,20-21H2,1-2,5-6H3;3,5-15H,4H2,1-2H3;2*1-2H3/b13-7-,28-22+,35-30-;9-3-;;. The van der Waals surface area contributed by atoms with Crippen molar-refractivity contribution in [2.45, 2.75) is 112 Å². The molecule has 0 saturated carbocycles. The molecule has 0 bridgehead atoms. The van der Waals surface area contributed by atoms with Crippen molar-refractivity contribution in [2.75, 3.05) is 11.4 Å².